The molecule has 1 fully saturated rings. The van der Waals surface area contributed by atoms with Crippen LogP contribution in [0.1, 0.15) is 0 Å². The zero-order valence-electron chi connectivity index (χ0n) is 11.2. The number of fused-ring (bicyclic) bond motifs is 1. The van der Waals surface area contributed by atoms with E-state index in [2.05, 4.69) is 24.3 Å². The third-order valence-electron chi connectivity index (χ3n) is 3.14. The van der Waals surface area contributed by atoms with E-state index in [1.165, 1.54) is 0 Å². The Hall–Kier alpha value is -0.990. The fourth-order valence-electron chi connectivity index (χ4n) is 2.17. The first-order valence-electron chi connectivity index (χ1n) is 6.27. The van der Waals surface area contributed by atoms with E-state index in [1.54, 1.807) is 0 Å². The second kappa shape index (κ2) is 8.45. The number of carbonyl (C=O) groups is 1. The highest BCUT2D eigenvalue weighted by atomic mass is 35.5. The first-order valence-corrected chi connectivity index (χ1v) is 7.00. The summed E-state index contributed by atoms with van der Waals surface area (Å²) in [5.74, 6) is 0.00222. The van der Waals surface area contributed by atoms with Crippen LogP contribution in [0.3, 0.4) is 0 Å². The van der Waals surface area contributed by atoms with E-state index in [1.807, 2.05) is 18.2 Å². The molecule has 1 saturated heterocycles. The highest BCUT2D eigenvalue weighted by molar-refractivity contribution is 7.58. The molecule has 0 bridgehead atoms. The molecule has 1 amide bonds. The average Bonchev–Trinajstić information content (AvgIpc) is 2.89. The molecule has 2 heterocycles. The number of piperazine rings is 1. The smallest absolute Gasteiger partial charge is 0.238 e. The predicted octanol–water partition coefficient (Wildman–Crippen LogP) is 2.10. The predicted molar refractivity (Wildman–Crippen MR) is 90.4 cm³/mol. The minimum atomic E-state index is 0. The van der Waals surface area contributed by atoms with Gasteiger partial charge in [-0.15, -0.1) is 24.8 Å². The van der Waals surface area contributed by atoms with Crippen molar-refractivity contribution in [1.29, 1.82) is 0 Å². The maximum absolute atomic E-state index is 12.0. The van der Waals surface area contributed by atoms with Gasteiger partial charge in [-0.3, -0.25) is 9.69 Å². The molecule has 21 heavy (non-hydrogen) atoms. The summed E-state index contributed by atoms with van der Waals surface area (Å²) in [6.45, 7) is 4.14. The number of hydrogen-bond donors (Lipinski definition) is 2. The summed E-state index contributed by atoms with van der Waals surface area (Å²) in [4.78, 5) is 14.2. The fraction of sp³-hybridized carbons (Fsp3) is 0.417. The van der Waals surface area contributed by atoms with Crippen molar-refractivity contribution in [3.05, 3.63) is 18.2 Å². The molecule has 116 valence electrons. The summed E-state index contributed by atoms with van der Waals surface area (Å²) < 4.78 is 8.37. The molecule has 0 aromatic heterocycles. The molecule has 0 unspecified atom stereocenters. The molecule has 0 atom stereocenters. The van der Waals surface area contributed by atoms with Crippen molar-refractivity contribution in [2.75, 3.05) is 38.0 Å². The number of hydrogen-bond acceptors (Lipinski definition) is 5. The van der Waals surface area contributed by atoms with E-state index in [-0.39, 0.29) is 30.7 Å². The van der Waals surface area contributed by atoms with Gasteiger partial charge in [0.05, 0.1) is 23.6 Å². The molecule has 1 aromatic rings. The molecule has 0 saturated carbocycles. The minimum absolute atomic E-state index is 0. The van der Waals surface area contributed by atoms with Gasteiger partial charge in [0, 0.05) is 26.2 Å². The quantitative estimate of drug-likeness (QED) is 0.891. The lowest BCUT2D eigenvalue weighted by molar-refractivity contribution is -0.117. The van der Waals surface area contributed by atoms with Crippen molar-refractivity contribution in [3.8, 4) is 0 Å². The number of nitrogens with one attached hydrogen (secondary N) is 2. The first-order chi connectivity index (χ1) is 9.33. The summed E-state index contributed by atoms with van der Waals surface area (Å²) in [6, 6.07) is 5.63. The van der Waals surface area contributed by atoms with E-state index in [0.29, 0.717) is 6.54 Å². The number of benzene rings is 1. The van der Waals surface area contributed by atoms with Gasteiger partial charge in [0.2, 0.25) is 5.91 Å². The van der Waals surface area contributed by atoms with Gasteiger partial charge in [-0.05, 0) is 12.1 Å². The molecule has 0 spiro atoms. The molecule has 0 radical (unpaired) electrons. The van der Waals surface area contributed by atoms with Gasteiger partial charge in [0.25, 0.3) is 0 Å². The standard InChI is InChI=1S/C12H15N5OS.2ClH/c18-11(8-17-6-4-13-5-7-17)14-9-2-1-3-10-12(9)16-19-15-10;;/h1-3,13H,4-8H2,(H,14,18);2*1H. The third-order valence-corrected chi connectivity index (χ3v) is 3.68. The fourth-order valence-corrected chi connectivity index (χ4v) is 2.72. The van der Waals surface area contributed by atoms with E-state index in [4.69, 9.17) is 0 Å². The molecule has 2 N–H and O–H groups in total. The molecule has 0 aliphatic carbocycles. The van der Waals surface area contributed by atoms with Crippen molar-refractivity contribution in [2.45, 2.75) is 0 Å². The Bertz CT molecular complexity index is 571. The van der Waals surface area contributed by atoms with Crippen LogP contribution in [-0.4, -0.2) is 43.5 Å². The van der Waals surface area contributed by atoms with Crippen LogP contribution >= 0.6 is 24.8 Å². The van der Waals surface area contributed by atoms with Gasteiger partial charge < -0.3 is 10.6 Å². The van der Waals surface area contributed by atoms with Crippen LogP contribution in [-0.2, 0) is 16.1 Å². The molecule has 9 heteroatoms. The van der Waals surface area contributed by atoms with Crippen LogP contribution in [0.15, 0.2) is 26.9 Å². The van der Waals surface area contributed by atoms with Gasteiger partial charge in [-0.1, -0.05) is 6.07 Å². The summed E-state index contributed by atoms with van der Waals surface area (Å²) >= 11 is 1.16. The summed E-state index contributed by atoms with van der Waals surface area (Å²) in [7, 11) is 0. The van der Waals surface area contributed by atoms with E-state index >= 15 is 0 Å². The lowest BCUT2D eigenvalue weighted by Crippen LogP contribution is -2.46. The molecule has 1 aromatic carbocycles. The van der Waals surface area contributed by atoms with Gasteiger partial charge in [0.15, 0.2) is 0 Å². The first kappa shape index (κ1) is 18.1. The monoisotopic (exact) mass is 349 g/mol. The Balaban J connectivity index is 0.00000110. The summed E-state index contributed by atoms with van der Waals surface area (Å²) in [6.07, 6.45) is 0. The second-order valence-electron chi connectivity index (χ2n) is 4.51. The highest BCUT2D eigenvalue weighted by Gasteiger charge is 2.16. The van der Waals surface area contributed by atoms with Crippen molar-refractivity contribution < 1.29 is 4.79 Å². The van der Waals surface area contributed by atoms with Crippen LogP contribution in [0.5, 0.6) is 0 Å². The average molecular weight is 350 g/mol. The van der Waals surface area contributed by atoms with Crippen LogP contribution in [0.4, 0.5) is 17.1 Å². The Morgan fingerprint density at radius 1 is 1.29 bits per heavy atom. The topological polar surface area (TPSA) is 69.1 Å². The Morgan fingerprint density at radius 3 is 2.81 bits per heavy atom. The molecule has 2 aliphatic heterocycles. The van der Waals surface area contributed by atoms with Crippen LogP contribution < -0.4 is 10.6 Å². The Kier molecular flexibility index (Phi) is 7.27. The maximum Gasteiger partial charge on any atom is 0.238 e. The lowest BCUT2D eigenvalue weighted by atomic mass is 10.2. The van der Waals surface area contributed by atoms with Crippen molar-refractivity contribution >= 4 is 59.1 Å². The zero-order chi connectivity index (χ0) is 13.1. The number of amides is 1. The van der Waals surface area contributed by atoms with Crippen LogP contribution in [0.25, 0.3) is 0 Å². The maximum atomic E-state index is 12.0. The summed E-state index contributed by atoms with van der Waals surface area (Å²) in [5, 5.41) is 6.19. The number of rotatable bonds is 3. The van der Waals surface area contributed by atoms with Crippen molar-refractivity contribution in [1.82, 2.24) is 10.2 Å². The van der Waals surface area contributed by atoms with Gasteiger partial charge in [0.1, 0.15) is 11.4 Å². The number of carbonyl (C=O) groups excluding carboxylic acids is 1. The third kappa shape index (κ3) is 4.49. The number of anilines is 1. The van der Waals surface area contributed by atoms with Crippen molar-refractivity contribution in [3.63, 3.8) is 0 Å². The normalized spacial score (nSPS) is 16.2. The zero-order valence-corrected chi connectivity index (χ0v) is 13.7. The molecule has 6 nitrogen and oxygen atoms in total. The van der Waals surface area contributed by atoms with Crippen LogP contribution in [0.2, 0.25) is 0 Å². The Morgan fingerprint density at radius 2 is 2.05 bits per heavy atom. The second-order valence-corrected chi connectivity index (χ2v) is 5.04. The number of nitrogens with zero attached hydrogens (tertiary/aromatic N) is 3. The largest absolute Gasteiger partial charge is 0.323 e. The molecular formula is C12H17Cl2N5OS. The molecule has 3 rings (SSSR count). The van der Waals surface area contributed by atoms with E-state index in [9.17, 15) is 4.79 Å². The van der Waals surface area contributed by atoms with Crippen molar-refractivity contribution in [2.24, 2.45) is 8.73 Å². The van der Waals surface area contributed by atoms with E-state index < -0.39 is 0 Å². The summed E-state index contributed by atoms with van der Waals surface area (Å²) in [5.41, 5.74) is 2.33. The Labute approximate surface area is 139 Å². The molecule has 2 aliphatic rings. The lowest BCUT2D eigenvalue weighted by Gasteiger charge is -2.26. The minimum Gasteiger partial charge on any atom is -0.323 e. The van der Waals surface area contributed by atoms with Gasteiger partial charge in [-0.25, -0.2) is 0 Å². The SMILES string of the molecule is Cl.Cl.O=C(CN1CCNCC1)Nc1cccc2c1N=S=N2. The number of halogens is 2. The van der Waals surface area contributed by atoms with E-state index in [0.717, 1.165) is 54.6 Å². The van der Waals surface area contributed by atoms with Crippen LogP contribution in [0, 0.1) is 0 Å². The van der Waals surface area contributed by atoms with Gasteiger partial charge in [-0.2, -0.15) is 8.73 Å². The van der Waals surface area contributed by atoms with Gasteiger partial charge >= 0.3 is 0 Å². The molecular weight excluding hydrogens is 333 g/mol. The highest BCUT2D eigenvalue weighted by Crippen LogP contribution is 2.38.